The number of hydrogen-bond donors (Lipinski definition) is 2. The molecule has 0 aliphatic carbocycles. The molecule has 5 nitrogen and oxygen atoms in total. The van der Waals surface area contributed by atoms with Gasteiger partial charge in [-0.15, -0.1) is 9.42 Å². The number of rotatable bonds is 12. The van der Waals surface area contributed by atoms with E-state index in [-0.39, 0.29) is 12.4 Å². The van der Waals surface area contributed by atoms with Gasteiger partial charge in [0.05, 0.1) is 5.52 Å². The van der Waals surface area contributed by atoms with Crippen LogP contribution in [0.2, 0.25) is 0 Å². The second kappa shape index (κ2) is 12.8. The van der Waals surface area contributed by atoms with Gasteiger partial charge in [0, 0.05) is 22.7 Å². The summed E-state index contributed by atoms with van der Waals surface area (Å²) in [5, 5.41) is 4.30. The minimum Gasteiger partial charge on any atom is -0.313 e. The number of hydrogen-bond acceptors (Lipinski definition) is 4. The quantitative estimate of drug-likeness (QED) is 0.166. The molecule has 0 bridgehead atoms. The second-order valence-electron chi connectivity index (χ2n) is 8.86. The summed E-state index contributed by atoms with van der Waals surface area (Å²) in [7, 11) is -2.55. The van der Waals surface area contributed by atoms with Gasteiger partial charge in [-0.05, 0) is 84.7 Å². The predicted octanol–water partition coefficient (Wildman–Crippen LogP) is 6.67. The van der Waals surface area contributed by atoms with E-state index < -0.39 is 8.25 Å². The van der Waals surface area contributed by atoms with Gasteiger partial charge in [-0.3, -0.25) is 4.98 Å². The molecule has 0 radical (unpaired) electrons. The number of benzene rings is 3. The van der Waals surface area contributed by atoms with Crippen molar-refractivity contribution in [1.29, 1.82) is 0 Å². The summed E-state index contributed by atoms with van der Waals surface area (Å²) in [6.07, 6.45) is 4.93. The van der Waals surface area contributed by atoms with E-state index in [2.05, 4.69) is 39.9 Å². The van der Waals surface area contributed by atoms with Gasteiger partial charge in [0.25, 0.3) is 0 Å². The first-order valence-corrected chi connectivity index (χ1v) is 13.4. The summed E-state index contributed by atoms with van der Waals surface area (Å²) < 4.78 is 30.3. The largest absolute Gasteiger partial charge is 0.694 e. The third-order valence-corrected chi connectivity index (χ3v) is 6.79. The fraction of sp³-hybridized carbons (Fsp3) is 0.276. The Morgan fingerprint density at radius 1 is 0.972 bits per heavy atom. The van der Waals surface area contributed by atoms with E-state index in [1.807, 2.05) is 42.5 Å². The molecule has 0 amide bonds. The van der Waals surface area contributed by atoms with E-state index >= 15 is 4.39 Å². The van der Waals surface area contributed by atoms with Crippen molar-refractivity contribution in [3.8, 4) is 11.1 Å². The normalized spacial score (nSPS) is 11.7. The highest BCUT2D eigenvalue weighted by Gasteiger charge is 2.12. The first-order valence-electron chi connectivity index (χ1n) is 12.2. The Morgan fingerprint density at radius 3 is 2.58 bits per heavy atom. The summed E-state index contributed by atoms with van der Waals surface area (Å²) in [5.74, 6) is -0.174. The fourth-order valence-electron chi connectivity index (χ4n) is 4.47. The van der Waals surface area contributed by atoms with Crippen LogP contribution in [0.5, 0.6) is 0 Å². The zero-order valence-corrected chi connectivity index (χ0v) is 21.3. The zero-order chi connectivity index (χ0) is 25.3. The van der Waals surface area contributed by atoms with Crippen molar-refractivity contribution >= 4 is 19.2 Å². The number of nitrogens with one attached hydrogen (secondary N) is 1. The molecule has 0 saturated heterocycles. The molecule has 1 aromatic heterocycles. The lowest BCUT2D eigenvalue weighted by Crippen LogP contribution is -2.16. The molecule has 7 heteroatoms. The molecule has 0 aliphatic rings. The molecule has 0 spiro atoms. The fourth-order valence-corrected chi connectivity index (χ4v) is 4.75. The molecule has 1 unspecified atom stereocenters. The van der Waals surface area contributed by atoms with Crippen LogP contribution >= 0.6 is 8.25 Å². The molecule has 2 N–H and O–H groups in total. The van der Waals surface area contributed by atoms with Crippen LogP contribution in [0.15, 0.2) is 72.9 Å². The van der Waals surface area contributed by atoms with Crippen molar-refractivity contribution in [3.63, 3.8) is 0 Å². The summed E-state index contributed by atoms with van der Waals surface area (Å²) in [6, 6.07) is 21.8. The minimum absolute atomic E-state index is 0.174. The Kier molecular flexibility index (Phi) is 9.26. The van der Waals surface area contributed by atoms with Crippen molar-refractivity contribution in [3.05, 3.63) is 101 Å². The Morgan fingerprint density at radius 2 is 1.78 bits per heavy atom. The van der Waals surface area contributed by atoms with Gasteiger partial charge in [0.15, 0.2) is 0 Å². The summed E-state index contributed by atoms with van der Waals surface area (Å²) in [5.41, 5.74) is 7.04. The first kappa shape index (κ1) is 26.1. The van der Waals surface area contributed by atoms with Crippen LogP contribution in [0, 0.1) is 12.7 Å². The van der Waals surface area contributed by atoms with E-state index in [1.54, 1.807) is 12.3 Å². The molecule has 0 aliphatic heterocycles. The summed E-state index contributed by atoms with van der Waals surface area (Å²) in [6.45, 7) is 3.59. The van der Waals surface area contributed by atoms with Crippen molar-refractivity contribution in [2.75, 3.05) is 13.2 Å². The average molecular weight is 506 g/mol. The van der Waals surface area contributed by atoms with E-state index in [0.717, 1.165) is 46.0 Å². The smallest absolute Gasteiger partial charge is 0.313 e. The molecule has 186 valence electrons. The van der Waals surface area contributed by atoms with Crippen molar-refractivity contribution in [2.24, 2.45) is 0 Å². The summed E-state index contributed by atoms with van der Waals surface area (Å²) in [4.78, 5) is 13.3. The second-order valence-corrected chi connectivity index (χ2v) is 9.59. The molecule has 1 atom stereocenters. The van der Waals surface area contributed by atoms with Gasteiger partial charge >= 0.3 is 8.25 Å². The van der Waals surface area contributed by atoms with Crippen LogP contribution < -0.4 is 5.32 Å². The van der Waals surface area contributed by atoms with Crippen LogP contribution in [0.25, 0.3) is 22.0 Å². The van der Waals surface area contributed by atoms with Gasteiger partial charge in [0.1, 0.15) is 12.4 Å². The molecule has 3 aromatic carbocycles. The van der Waals surface area contributed by atoms with Crippen LogP contribution in [-0.2, 0) is 28.5 Å². The van der Waals surface area contributed by atoms with Gasteiger partial charge in [-0.25, -0.2) is 4.39 Å². The predicted molar refractivity (Wildman–Crippen MR) is 142 cm³/mol. The third kappa shape index (κ3) is 6.80. The Labute approximate surface area is 212 Å². The van der Waals surface area contributed by atoms with Crippen molar-refractivity contribution in [1.82, 2.24) is 10.3 Å². The van der Waals surface area contributed by atoms with Gasteiger partial charge in [-0.2, -0.15) is 0 Å². The van der Waals surface area contributed by atoms with Gasteiger partial charge in [0.2, 0.25) is 0 Å². The van der Waals surface area contributed by atoms with E-state index in [4.69, 9.17) is 4.89 Å². The highest BCUT2D eigenvalue weighted by Crippen LogP contribution is 2.31. The zero-order valence-electron chi connectivity index (χ0n) is 20.4. The van der Waals surface area contributed by atoms with E-state index in [9.17, 15) is 4.57 Å². The Balaban J connectivity index is 1.44. The number of halogens is 1. The van der Waals surface area contributed by atoms with Crippen LogP contribution in [-0.4, -0.2) is 23.0 Å². The maximum Gasteiger partial charge on any atom is 0.694 e. The molecule has 36 heavy (non-hydrogen) atoms. The van der Waals surface area contributed by atoms with Gasteiger partial charge < -0.3 is 5.32 Å². The maximum atomic E-state index is 15.1. The topological polar surface area (TPSA) is 71.5 Å². The molecule has 4 aromatic rings. The Hall–Kier alpha value is -3.02. The third-order valence-electron chi connectivity index (χ3n) is 6.39. The molecular weight excluding hydrogens is 474 g/mol. The van der Waals surface area contributed by atoms with Crippen LogP contribution in [0.1, 0.15) is 35.1 Å². The maximum absolute atomic E-state index is 15.1. The number of aromatic nitrogens is 1. The van der Waals surface area contributed by atoms with Crippen LogP contribution in [0.4, 0.5) is 4.39 Å². The number of aryl methyl sites for hydroxylation is 3. The lowest BCUT2D eigenvalue weighted by atomic mass is 9.95. The molecule has 0 fully saturated rings. The highest BCUT2D eigenvalue weighted by molar-refractivity contribution is 7.32. The van der Waals surface area contributed by atoms with Crippen molar-refractivity contribution < 1.29 is 18.4 Å². The molecular formula is C29H31FN2O3P+. The van der Waals surface area contributed by atoms with Crippen LogP contribution in [0.3, 0.4) is 0 Å². The van der Waals surface area contributed by atoms with E-state index in [0.29, 0.717) is 25.9 Å². The summed E-state index contributed by atoms with van der Waals surface area (Å²) >= 11 is 0. The average Bonchev–Trinajstić information content (AvgIpc) is 2.88. The number of nitrogens with zero attached hydrogens (tertiary/aromatic N) is 1. The number of pyridine rings is 1. The highest BCUT2D eigenvalue weighted by atomic mass is 31.1. The van der Waals surface area contributed by atoms with Gasteiger partial charge in [-0.1, -0.05) is 54.6 Å². The lowest BCUT2D eigenvalue weighted by molar-refractivity contribution is 0.276. The standard InChI is InChI=1S/C29H30FN2O3P/c1-21-7-2-3-8-22(21)9-4-10-23-12-13-24(19-28(23)30)26-15-14-25(29-27(26)11-5-17-32-29)20-31-16-6-18-35-36(33)34/h2-3,5,7-8,11-15,17,19,31H,4,6,9-10,16,18,20H2,1H3/p+1. The minimum atomic E-state index is -2.55. The number of fused-ring (bicyclic) bond motifs is 1. The monoisotopic (exact) mass is 505 g/mol. The molecule has 1 heterocycles. The van der Waals surface area contributed by atoms with Crippen molar-refractivity contribution in [2.45, 2.75) is 39.2 Å². The Bertz CT molecular complexity index is 1350. The first-order chi connectivity index (χ1) is 17.5. The molecule has 0 saturated carbocycles. The van der Waals surface area contributed by atoms with E-state index in [1.165, 1.54) is 11.1 Å². The lowest BCUT2D eigenvalue weighted by Gasteiger charge is -2.13. The molecule has 4 rings (SSSR count). The SMILES string of the molecule is Cc1ccccc1CCCc1ccc(-c2ccc(CNCCCO[P+](=O)O)c3ncccc23)cc1F.